The molecule has 2 rings (SSSR count). The molecule has 104 valence electrons. The molecule has 1 atom stereocenters. The lowest BCUT2D eigenvalue weighted by Crippen LogP contribution is -2.52. The first-order valence-corrected chi connectivity index (χ1v) is 6.64. The summed E-state index contributed by atoms with van der Waals surface area (Å²) in [5.41, 5.74) is 8.70. The van der Waals surface area contributed by atoms with Crippen LogP contribution in [0.5, 0.6) is 0 Å². The summed E-state index contributed by atoms with van der Waals surface area (Å²) < 4.78 is 0. The van der Waals surface area contributed by atoms with Crippen LogP contribution in [-0.4, -0.2) is 13.0 Å². The van der Waals surface area contributed by atoms with E-state index in [-0.39, 0.29) is 0 Å². The molecule has 0 spiro atoms. The van der Waals surface area contributed by atoms with E-state index in [9.17, 15) is 4.79 Å². The molecule has 2 aromatic rings. The summed E-state index contributed by atoms with van der Waals surface area (Å²) in [5.74, 6) is -0.404. The lowest BCUT2D eigenvalue weighted by molar-refractivity contribution is -0.123. The number of likely N-dealkylation sites (N-methyl/N-ethyl adjacent to an activating group) is 1. The maximum atomic E-state index is 12.3. The predicted molar refractivity (Wildman–Crippen MR) is 81.4 cm³/mol. The average Bonchev–Trinajstić information content (AvgIpc) is 2.43. The zero-order valence-corrected chi connectivity index (χ0v) is 12.1. The second kappa shape index (κ2) is 5.47. The van der Waals surface area contributed by atoms with Crippen molar-refractivity contribution in [2.45, 2.75) is 19.4 Å². The highest BCUT2D eigenvalue weighted by atomic mass is 16.1. The van der Waals surface area contributed by atoms with E-state index in [2.05, 4.69) is 11.4 Å². The molecular formula is C17H20N2O. The van der Waals surface area contributed by atoms with Gasteiger partial charge in [-0.2, -0.15) is 0 Å². The fourth-order valence-corrected chi connectivity index (χ4v) is 2.76. The van der Waals surface area contributed by atoms with E-state index in [1.54, 1.807) is 7.05 Å². The van der Waals surface area contributed by atoms with Crippen molar-refractivity contribution in [1.29, 1.82) is 0 Å². The number of rotatable bonds is 4. The van der Waals surface area contributed by atoms with E-state index in [0.717, 1.165) is 22.3 Å². The van der Waals surface area contributed by atoms with E-state index in [1.807, 2.05) is 56.3 Å². The number of nitrogens with two attached hydrogens (primary N) is 1. The zero-order valence-electron chi connectivity index (χ0n) is 12.1. The standard InChI is InChI=1S/C17H20N2O/c1-12-9-10-15(13(2)11-12)17(19-3,16(18)20)14-7-5-4-6-8-14/h4-11,19H,1-3H3,(H2,18,20). The number of primary amides is 1. The number of benzene rings is 2. The Bertz CT molecular complexity index is 622. The Hall–Kier alpha value is -2.13. The van der Waals surface area contributed by atoms with Gasteiger partial charge in [0.1, 0.15) is 5.54 Å². The quantitative estimate of drug-likeness (QED) is 0.893. The Balaban J connectivity index is 2.73. The van der Waals surface area contributed by atoms with Crippen LogP contribution in [-0.2, 0) is 10.3 Å². The van der Waals surface area contributed by atoms with Gasteiger partial charge >= 0.3 is 0 Å². The monoisotopic (exact) mass is 268 g/mol. The summed E-state index contributed by atoms with van der Waals surface area (Å²) in [6, 6.07) is 15.6. The van der Waals surface area contributed by atoms with Crippen LogP contribution in [0.3, 0.4) is 0 Å². The van der Waals surface area contributed by atoms with Crippen LogP contribution >= 0.6 is 0 Å². The molecule has 0 aliphatic heterocycles. The number of hydrogen-bond donors (Lipinski definition) is 2. The van der Waals surface area contributed by atoms with Crippen molar-refractivity contribution in [2.75, 3.05) is 7.05 Å². The summed E-state index contributed by atoms with van der Waals surface area (Å²) in [6.45, 7) is 4.03. The normalized spacial score (nSPS) is 13.8. The van der Waals surface area contributed by atoms with Gasteiger partial charge in [0.2, 0.25) is 5.91 Å². The number of amides is 1. The van der Waals surface area contributed by atoms with Gasteiger partial charge in [0.25, 0.3) is 0 Å². The van der Waals surface area contributed by atoms with Gasteiger partial charge in [-0.05, 0) is 37.6 Å². The summed E-state index contributed by atoms with van der Waals surface area (Å²) >= 11 is 0. The minimum absolute atomic E-state index is 0.404. The van der Waals surface area contributed by atoms with E-state index in [1.165, 1.54) is 0 Å². The summed E-state index contributed by atoms with van der Waals surface area (Å²) in [6.07, 6.45) is 0. The van der Waals surface area contributed by atoms with Gasteiger partial charge in [0.15, 0.2) is 0 Å². The third-order valence-corrected chi connectivity index (χ3v) is 3.74. The molecule has 0 heterocycles. The van der Waals surface area contributed by atoms with Crippen molar-refractivity contribution in [2.24, 2.45) is 5.73 Å². The van der Waals surface area contributed by atoms with Gasteiger partial charge in [-0.1, -0.05) is 54.1 Å². The smallest absolute Gasteiger partial charge is 0.247 e. The van der Waals surface area contributed by atoms with Crippen molar-refractivity contribution >= 4 is 5.91 Å². The van der Waals surface area contributed by atoms with Gasteiger partial charge in [0.05, 0.1) is 0 Å². The molecular weight excluding hydrogens is 248 g/mol. The zero-order chi connectivity index (χ0) is 14.8. The highest BCUT2D eigenvalue weighted by molar-refractivity contribution is 5.90. The van der Waals surface area contributed by atoms with Crippen LogP contribution in [0.4, 0.5) is 0 Å². The topological polar surface area (TPSA) is 55.1 Å². The molecule has 3 heteroatoms. The van der Waals surface area contributed by atoms with Crippen molar-refractivity contribution in [3.05, 3.63) is 70.8 Å². The third kappa shape index (κ3) is 2.21. The minimum atomic E-state index is -1.00. The number of carbonyl (C=O) groups is 1. The third-order valence-electron chi connectivity index (χ3n) is 3.74. The average molecular weight is 268 g/mol. The first-order chi connectivity index (χ1) is 9.52. The molecule has 3 N–H and O–H groups in total. The van der Waals surface area contributed by atoms with E-state index in [0.29, 0.717) is 0 Å². The van der Waals surface area contributed by atoms with Crippen molar-refractivity contribution < 1.29 is 4.79 Å². The Morgan fingerprint density at radius 1 is 1.10 bits per heavy atom. The largest absolute Gasteiger partial charge is 0.367 e. The van der Waals surface area contributed by atoms with Crippen LogP contribution in [0, 0.1) is 13.8 Å². The maximum absolute atomic E-state index is 12.3. The molecule has 20 heavy (non-hydrogen) atoms. The van der Waals surface area contributed by atoms with Gasteiger partial charge < -0.3 is 5.73 Å². The molecule has 1 unspecified atom stereocenters. The molecule has 0 saturated heterocycles. The highest BCUT2D eigenvalue weighted by Crippen LogP contribution is 2.31. The second-order valence-corrected chi connectivity index (χ2v) is 5.05. The Labute approximate surface area is 119 Å². The molecule has 0 aromatic heterocycles. The van der Waals surface area contributed by atoms with Crippen molar-refractivity contribution in [1.82, 2.24) is 5.32 Å². The summed E-state index contributed by atoms with van der Waals surface area (Å²) in [7, 11) is 1.76. The number of aryl methyl sites for hydroxylation is 2. The lowest BCUT2D eigenvalue weighted by atomic mass is 9.79. The molecule has 0 saturated carbocycles. The molecule has 0 aliphatic carbocycles. The molecule has 0 radical (unpaired) electrons. The van der Waals surface area contributed by atoms with Crippen LogP contribution < -0.4 is 11.1 Å². The van der Waals surface area contributed by atoms with Gasteiger partial charge in [-0.15, -0.1) is 0 Å². The molecule has 1 amide bonds. The number of carbonyl (C=O) groups excluding carboxylic acids is 1. The molecule has 3 nitrogen and oxygen atoms in total. The maximum Gasteiger partial charge on any atom is 0.247 e. The fourth-order valence-electron chi connectivity index (χ4n) is 2.76. The minimum Gasteiger partial charge on any atom is -0.367 e. The molecule has 0 fully saturated rings. The Morgan fingerprint density at radius 3 is 2.25 bits per heavy atom. The highest BCUT2D eigenvalue weighted by Gasteiger charge is 2.39. The second-order valence-electron chi connectivity index (χ2n) is 5.05. The Kier molecular flexibility index (Phi) is 3.91. The number of hydrogen-bond acceptors (Lipinski definition) is 2. The molecule has 2 aromatic carbocycles. The van der Waals surface area contributed by atoms with Crippen molar-refractivity contribution in [3.8, 4) is 0 Å². The van der Waals surface area contributed by atoms with E-state index < -0.39 is 11.4 Å². The molecule has 0 aliphatic rings. The predicted octanol–water partition coefficient (Wildman–Crippen LogP) is 2.25. The van der Waals surface area contributed by atoms with Gasteiger partial charge in [-0.25, -0.2) is 0 Å². The molecule has 0 bridgehead atoms. The number of nitrogens with one attached hydrogen (secondary N) is 1. The first-order valence-electron chi connectivity index (χ1n) is 6.64. The van der Waals surface area contributed by atoms with E-state index in [4.69, 9.17) is 5.73 Å². The van der Waals surface area contributed by atoms with Crippen molar-refractivity contribution in [3.63, 3.8) is 0 Å². The summed E-state index contributed by atoms with van der Waals surface area (Å²) in [5, 5.41) is 3.13. The fraction of sp³-hybridized carbons (Fsp3) is 0.235. The van der Waals surface area contributed by atoms with E-state index >= 15 is 0 Å². The van der Waals surface area contributed by atoms with Crippen LogP contribution in [0.25, 0.3) is 0 Å². The van der Waals surface area contributed by atoms with Crippen LogP contribution in [0.1, 0.15) is 22.3 Å². The van der Waals surface area contributed by atoms with Crippen LogP contribution in [0.15, 0.2) is 48.5 Å². The summed E-state index contributed by atoms with van der Waals surface area (Å²) in [4.78, 5) is 12.3. The first kappa shape index (κ1) is 14.3. The SMILES string of the molecule is CNC(C(N)=O)(c1ccccc1)c1ccc(C)cc1C. The van der Waals surface area contributed by atoms with Gasteiger partial charge in [0, 0.05) is 0 Å². The Morgan fingerprint density at radius 2 is 1.75 bits per heavy atom. The van der Waals surface area contributed by atoms with Crippen LogP contribution in [0.2, 0.25) is 0 Å². The lowest BCUT2D eigenvalue weighted by Gasteiger charge is -2.33. The van der Waals surface area contributed by atoms with Gasteiger partial charge in [-0.3, -0.25) is 10.1 Å².